The van der Waals surface area contributed by atoms with E-state index < -0.39 is 0 Å². The van der Waals surface area contributed by atoms with E-state index in [1.807, 2.05) is 0 Å². The summed E-state index contributed by atoms with van der Waals surface area (Å²) >= 11 is 11.9. The Kier molecular flexibility index (Phi) is 3.97. The van der Waals surface area contributed by atoms with Crippen molar-refractivity contribution in [1.82, 2.24) is 9.78 Å². The van der Waals surface area contributed by atoms with E-state index in [-0.39, 0.29) is 17.2 Å². The number of hydrogen-bond acceptors (Lipinski definition) is 4. The lowest BCUT2D eigenvalue weighted by Gasteiger charge is -2.10. The van der Waals surface area contributed by atoms with Crippen molar-refractivity contribution < 1.29 is 9.47 Å². The first kappa shape index (κ1) is 13.7. The molecular weight excluding hydrogens is 291 g/mol. The highest BCUT2D eigenvalue weighted by atomic mass is 35.5. The molecule has 1 aromatic heterocycles. The molecule has 0 aliphatic carbocycles. The van der Waals surface area contributed by atoms with Crippen molar-refractivity contribution in [2.75, 3.05) is 14.2 Å². The molecule has 1 aromatic carbocycles. The van der Waals surface area contributed by atoms with E-state index in [1.54, 1.807) is 12.1 Å². The second-order valence-electron chi connectivity index (χ2n) is 3.57. The smallest absolute Gasteiger partial charge is 0.275 e. The van der Waals surface area contributed by atoms with Gasteiger partial charge in [0.25, 0.3) is 11.4 Å². The molecule has 0 radical (unpaired) electrons. The van der Waals surface area contributed by atoms with E-state index in [0.717, 1.165) is 4.68 Å². The Bertz CT molecular complexity index is 671. The van der Waals surface area contributed by atoms with Crippen LogP contribution < -0.4 is 15.0 Å². The third kappa shape index (κ3) is 2.67. The van der Waals surface area contributed by atoms with Crippen LogP contribution in [-0.2, 0) is 0 Å². The molecule has 19 heavy (non-hydrogen) atoms. The molecular formula is C12H10Cl2N2O3. The monoisotopic (exact) mass is 300 g/mol. The maximum Gasteiger partial charge on any atom is 0.275 e. The molecule has 0 amide bonds. The average Bonchev–Trinajstić information content (AvgIpc) is 2.39. The van der Waals surface area contributed by atoms with E-state index in [0.29, 0.717) is 15.7 Å². The number of halogens is 2. The minimum absolute atomic E-state index is 0.188. The van der Waals surface area contributed by atoms with Gasteiger partial charge in [-0.05, 0) is 18.2 Å². The van der Waals surface area contributed by atoms with Gasteiger partial charge in [-0.1, -0.05) is 23.2 Å². The molecule has 2 rings (SSSR count). The van der Waals surface area contributed by atoms with Crippen LogP contribution in [0.5, 0.6) is 11.6 Å². The fourth-order valence-corrected chi connectivity index (χ4v) is 2.03. The number of ether oxygens (including phenoxy) is 2. The lowest BCUT2D eigenvalue weighted by molar-refractivity contribution is 0.333. The Balaban J connectivity index is 2.65. The van der Waals surface area contributed by atoms with E-state index >= 15 is 0 Å². The van der Waals surface area contributed by atoms with Gasteiger partial charge >= 0.3 is 0 Å². The summed E-state index contributed by atoms with van der Waals surface area (Å²) in [6.45, 7) is 0. The number of hydrogen-bond donors (Lipinski definition) is 0. The molecule has 0 bridgehead atoms. The van der Waals surface area contributed by atoms with Crippen LogP contribution in [0.4, 0.5) is 0 Å². The van der Waals surface area contributed by atoms with Gasteiger partial charge in [-0.25, -0.2) is 0 Å². The third-order valence-electron chi connectivity index (χ3n) is 2.42. The summed E-state index contributed by atoms with van der Waals surface area (Å²) in [5.41, 5.74) is 0.0268. The summed E-state index contributed by atoms with van der Waals surface area (Å²) in [5.74, 6) is 0.446. The van der Waals surface area contributed by atoms with Gasteiger partial charge in [0, 0.05) is 5.02 Å². The van der Waals surface area contributed by atoms with E-state index in [4.69, 9.17) is 32.7 Å². The lowest BCUT2D eigenvalue weighted by Crippen LogP contribution is -2.21. The molecule has 100 valence electrons. The van der Waals surface area contributed by atoms with Crippen molar-refractivity contribution in [2.45, 2.75) is 0 Å². The highest BCUT2D eigenvalue weighted by molar-refractivity contribution is 6.35. The van der Waals surface area contributed by atoms with Crippen LogP contribution in [0, 0.1) is 0 Å². The second-order valence-corrected chi connectivity index (χ2v) is 4.41. The zero-order chi connectivity index (χ0) is 14.0. The maximum atomic E-state index is 12.0. The van der Waals surface area contributed by atoms with E-state index in [9.17, 15) is 4.79 Å². The number of benzene rings is 1. The second kappa shape index (κ2) is 5.50. The van der Waals surface area contributed by atoms with E-state index in [1.165, 1.54) is 26.4 Å². The van der Waals surface area contributed by atoms with Gasteiger partial charge in [0.05, 0.1) is 31.0 Å². The molecule has 2 aromatic rings. The number of aromatic nitrogens is 2. The molecule has 0 aliphatic rings. The van der Waals surface area contributed by atoms with Gasteiger partial charge < -0.3 is 9.47 Å². The molecule has 5 nitrogen and oxygen atoms in total. The number of nitrogens with zero attached hydrogens (tertiary/aromatic N) is 2. The van der Waals surface area contributed by atoms with Crippen LogP contribution in [-0.4, -0.2) is 24.0 Å². The van der Waals surface area contributed by atoms with E-state index in [2.05, 4.69) is 5.10 Å². The molecule has 0 aliphatic heterocycles. The molecule has 0 saturated heterocycles. The molecule has 0 unspecified atom stereocenters. The van der Waals surface area contributed by atoms with Gasteiger partial charge in [0.2, 0.25) is 0 Å². The summed E-state index contributed by atoms with van der Waals surface area (Å²) in [6, 6.07) is 6.03. The molecule has 7 heteroatoms. The summed E-state index contributed by atoms with van der Waals surface area (Å²) in [4.78, 5) is 12.0. The molecule has 0 spiro atoms. The Morgan fingerprint density at radius 1 is 1.16 bits per heavy atom. The fourth-order valence-electron chi connectivity index (χ4n) is 1.54. The first-order chi connectivity index (χ1) is 9.06. The Labute approximate surface area is 119 Å². The summed E-state index contributed by atoms with van der Waals surface area (Å²) in [5, 5.41) is 4.84. The fraction of sp³-hybridized carbons (Fsp3) is 0.167. The first-order valence-electron chi connectivity index (χ1n) is 5.24. The summed E-state index contributed by atoms with van der Waals surface area (Å²) in [7, 11) is 2.86. The van der Waals surface area contributed by atoms with Gasteiger partial charge in [-0.2, -0.15) is 4.68 Å². The molecule has 0 atom stereocenters. The van der Waals surface area contributed by atoms with Gasteiger partial charge in [0.15, 0.2) is 5.75 Å². The van der Waals surface area contributed by atoms with Crippen LogP contribution in [0.1, 0.15) is 0 Å². The lowest BCUT2D eigenvalue weighted by atomic mass is 10.3. The predicted octanol–water partition coefficient (Wildman–Crippen LogP) is 2.56. The van der Waals surface area contributed by atoms with Crippen molar-refractivity contribution in [3.8, 4) is 17.3 Å². The summed E-state index contributed by atoms with van der Waals surface area (Å²) in [6.07, 6.45) is 0. The van der Waals surface area contributed by atoms with Crippen LogP contribution in [0.15, 0.2) is 29.1 Å². The largest absolute Gasteiger partial charge is 0.491 e. The SMILES string of the molecule is COc1cc(=O)n(-c2ccc(Cl)cc2Cl)nc1OC. The van der Waals surface area contributed by atoms with Crippen LogP contribution in [0.3, 0.4) is 0 Å². The van der Waals surface area contributed by atoms with Gasteiger partial charge in [-0.15, -0.1) is 5.10 Å². The molecule has 0 saturated carbocycles. The molecule has 1 heterocycles. The standard InChI is InChI=1S/C12H10Cl2N2O3/c1-18-10-6-11(17)16(15-12(10)19-2)9-4-3-7(13)5-8(9)14/h3-6H,1-2H3. The van der Waals surface area contributed by atoms with Gasteiger partial charge in [-0.3, -0.25) is 4.79 Å². The average molecular weight is 301 g/mol. The van der Waals surface area contributed by atoms with Crippen molar-refractivity contribution >= 4 is 23.2 Å². The first-order valence-corrected chi connectivity index (χ1v) is 6.00. The number of rotatable bonds is 3. The minimum atomic E-state index is -0.387. The van der Waals surface area contributed by atoms with Gasteiger partial charge in [0.1, 0.15) is 0 Å². The third-order valence-corrected chi connectivity index (χ3v) is 2.95. The highest BCUT2D eigenvalue weighted by Crippen LogP contribution is 2.25. The number of methoxy groups -OCH3 is 2. The normalized spacial score (nSPS) is 10.3. The molecule has 0 fully saturated rings. The topological polar surface area (TPSA) is 53.4 Å². The van der Waals surface area contributed by atoms with Crippen molar-refractivity contribution in [1.29, 1.82) is 0 Å². The zero-order valence-corrected chi connectivity index (χ0v) is 11.7. The van der Waals surface area contributed by atoms with Crippen LogP contribution >= 0.6 is 23.2 Å². The summed E-state index contributed by atoms with van der Waals surface area (Å²) < 4.78 is 11.2. The quantitative estimate of drug-likeness (QED) is 0.874. The van der Waals surface area contributed by atoms with Crippen LogP contribution in [0.2, 0.25) is 10.0 Å². The molecule has 0 N–H and O–H groups in total. The zero-order valence-electron chi connectivity index (χ0n) is 10.2. The Hall–Kier alpha value is -1.72. The van der Waals surface area contributed by atoms with Crippen LogP contribution in [0.25, 0.3) is 5.69 Å². The minimum Gasteiger partial charge on any atom is -0.491 e. The Morgan fingerprint density at radius 3 is 2.47 bits per heavy atom. The van der Waals surface area contributed by atoms with Crippen molar-refractivity contribution in [2.24, 2.45) is 0 Å². The van der Waals surface area contributed by atoms with Crippen molar-refractivity contribution in [3.63, 3.8) is 0 Å². The maximum absolute atomic E-state index is 12.0. The van der Waals surface area contributed by atoms with Crippen molar-refractivity contribution in [3.05, 3.63) is 44.7 Å². The Morgan fingerprint density at radius 2 is 1.89 bits per heavy atom. The predicted molar refractivity (Wildman–Crippen MR) is 73.0 cm³/mol. The highest BCUT2D eigenvalue weighted by Gasteiger charge is 2.13.